The maximum atomic E-state index is 10.8. The Morgan fingerprint density at radius 2 is 1.40 bits per heavy atom. The highest BCUT2D eigenvalue weighted by molar-refractivity contribution is 7.85. The van der Waals surface area contributed by atoms with Gasteiger partial charge in [-0.05, 0) is 29.5 Å². The highest BCUT2D eigenvalue weighted by Crippen LogP contribution is 2.14. The number of rotatable bonds is 4. The Hall–Kier alpha value is -0.870. The first-order valence-electron chi connectivity index (χ1n) is 5.01. The van der Waals surface area contributed by atoms with Crippen LogP contribution in [-0.4, -0.2) is 13.0 Å². The topological polar surface area (TPSA) is 54.4 Å². The lowest BCUT2D eigenvalue weighted by atomic mass is 10.0. The maximum Gasteiger partial charge on any atom is 0.269 e. The van der Waals surface area contributed by atoms with Gasteiger partial charge in [0.15, 0.2) is 0 Å². The van der Waals surface area contributed by atoms with E-state index in [9.17, 15) is 8.42 Å². The van der Waals surface area contributed by atoms with Gasteiger partial charge in [-0.25, -0.2) is 0 Å². The Balaban J connectivity index is 3.07. The summed E-state index contributed by atoms with van der Waals surface area (Å²) in [6.07, 6.45) is 1.73. The summed E-state index contributed by atoms with van der Waals surface area (Å²) in [6.45, 7) is 4.04. The minimum Gasteiger partial charge on any atom is -0.285 e. The van der Waals surface area contributed by atoms with Crippen molar-refractivity contribution < 1.29 is 13.0 Å². The Morgan fingerprint density at radius 3 is 1.73 bits per heavy atom. The van der Waals surface area contributed by atoms with Crippen molar-refractivity contribution in [2.24, 2.45) is 0 Å². The van der Waals surface area contributed by atoms with E-state index in [1.54, 1.807) is 0 Å². The van der Waals surface area contributed by atoms with Crippen LogP contribution in [0.5, 0.6) is 0 Å². The summed E-state index contributed by atoms with van der Waals surface area (Å²) < 4.78 is 30.3. The van der Waals surface area contributed by atoms with E-state index in [4.69, 9.17) is 4.55 Å². The van der Waals surface area contributed by atoms with Crippen LogP contribution in [0.4, 0.5) is 0 Å². The second-order valence-electron chi connectivity index (χ2n) is 3.59. The van der Waals surface area contributed by atoms with E-state index < -0.39 is 10.1 Å². The predicted molar refractivity (Wildman–Crippen MR) is 60.5 cm³/mol. The molecule has 1 rings (SSSR count). The molecule has 0 amide bonds. The van der Waals surface area contributed by atoms with Gasteiger partial charge >= 0.3 is 0 Å². The van der Waals surface area contributed by atoms with Crippen LogP contribution in [0.1, 0.15) is 30.5 Å². The minimum atomic E-state index is -3.93. The lowest BCUT2D eigenvalue weighted by Crippen LogP contribution is -2.03. The summed E-state index contributed by atoms with van der Waals surface area (Å²) in [5.41, 5.74) is 2.87. The maximum absolute atomic E-state index is 10.8. The van der Waals surface area contributed by atoms with Crippen LogP contribution in [-0.2, 0) is 28.7 Å². The molecule has 0 saturated carbocycles. The van der Waals surface area contributed by atoms with Crippen LogP contribution in [0.3, 0.4) is 0 Å². The third kappa shape index (κ3) is 4.01. The lowest BCUT2D eigenvalue weighted by molar-refractivity contribution is 0.482. The fourth-order valence-corrected chi connectivity index (χ4v) is 2.13. The van der Waals surface area contributed by atoms with E-state index in [0.717, 1.165) is 24.0 Å². The van der Waals surface area contributed by atoms with Crippen LogP contribution in [0, 0.1) is 0 Å². The molecule has 0 unspecified atom stereocenters. The normalized spacial score (nSPS) is 11.7. The molecule has 15 heavy (non-hydrogen) atoms. The van der Waals surface area contributed by atoms with Crippen molar-refractivity contribution in [2.45, 2.75) is 32.4 Å². The molecule has 0 aliphatic heterocycles. The van der Waals surface area contributed by atoms with E-state index >= 15 is 0 Å². The van der Waals surface area contributed by atoms with Gasteiger partial charge in [-0.1, -0.05) is 32.0 Å². The first-order chi connectivity index (χ1) is 6.94. The van der Waals surface area contributed by atoms with Crippen molar-refractivity contribution in [2.75, 3.05) is 0 Å². The van der Waals surface area contributed by atoms with Gasteiger partial charge in [-0.15, -0.1) is 0 Å². The molecular formula is C11H16O3S. The molecule has 0 bridgehead atoms. The molecular weight excluding hydrogens is 212 g/mol. The molecule has 84 valence electrons. The molecule has 1 aromatic carbocycles. The summed E-state index contributed by atoms with van der Waals surface area (Å²) in [6, 6.07) is 5.72. The smallest absolute Gasteiger partial charge is 0.269 e. The van der Waals surface area contributed by atoms with Crippen molar-refractivity contribution in [3.05, 3.63) is 34.9 Å². The molecule has 0 spiro atoms. The van der Waals surface area contributed by atoms with E-state index in [2.05, 4.69) is 6.07 Å². The Morgan fingerprint density at radius 1 is 1.00 bits per heavy atom. The third-order valence-electron chi connectivity index (χ3n) is 2.28. The van der Waals surface area contributed by atoms with Gasteiger partial charge in [0.05, 0.1) is 0 Å². The molecule has 0 radical (unpaired) electrons. The quantitative estimate of drug-likeness (QED) is 0.804. The first-order valence-corrected chi connectivity index (χ1v) is 6.62. The fraction of sp³-hybridized carbons (Fsp3) is 0.455. The zero-order chi connectivity index (χ0) is 11.5. The second kappa shape index (κ2) is 4.77. The van der Waals surface area contributed by atoms with Gasteiger partial charge < -0.3 is 0 Å². The third-order valence-corrected chi connectivity index (χ3v) is 2.98. The van der Waals surface area contributed by atoms with Crippen LogP contribution in [0.2, 0.25) is 0 Å². The highest BCUT2D eigenvalue weighted by Gasteiger charge is 2.08. The van der Waals surface area contributed by atoms with Gasteiger partial charge in [0.2, 0.25) is 0 Å². The molecule has 0 atom stereocenters. The summed E-state index contributed by atoms with van der Waals surface area (Å²) in [5.74, 6) is -0.298. The monoisotopic (exact) mass is 228 g/mol. The van der Waals surface area contributed by atoms with Crippen LogP contribution in [0.25, 0.3) is 0 Å². The van der Waals surface area contributed by atoms with Gasteiger partial charge in [-0.2, -0.15) is 8.42 Å². The van der Waals surface area contributed by atoms with Crippen LogP contribution in [0.15, 0.2) is 18.2 Å². The minimum absolute atomic E-state index is 0.298. The number of aryl methyl sites for hydroxylation is 2. The van der Waals surface area contributed by atoms with Crippen molar-refractivity contribution >= 4 is 10.1 Å². The van der Waals surface area contributed by atoms with Crippen molar-refractivity contribution in [1.82, 2.24) is 0 Å². The van der Waals surface area contributed by atoms with Gasteiger partial charge in [0.1, 0.15) is 5.75 Å². The van der Waals surface area contributed by atoms with E-state index in [-0.39, 0.29) is 5.75 Å². The molecule has 0 aliphatic rings. The molecule has 4 heteroatoms. The van der Waals surface area contributed by atoms with Gasteiger partial charge in [0, 0.05) is 0 Å². The number of hydrogen-bond acceptors (Lipinski definition) is 2. The van der Waals surface area contributed by atoms with Crippen molar-refractivity contribution in [3.63, 3.8) is 0 Å². The second-order valence-corrected chi connectivity index (χ2v) is 5.04. The van der Waals surface area contributed by atoms with E-state index in [1.807, 2.05) is 26.0 Å². The zero-order valence-corrected chi connectivity index (χ0v) is 9.84. The Kier molecular flexibility index (Phi) is 3.88. The molecule has 3 nitrogen and oxygen atoms in total. The van der Waals surface area contributed by atoms with Crippen molar-refractivity contribution in [1.29, 1.82) is 0 Å². The first kappa shape index (κ1) is 12.2. The van der Waals surface area contributed by atoms with Gasteiger partial charge in [-0.3, -0.25) is 4.55 Å². The summed E-state index contributed by atoms with van der Waals surface area (Å²) >= 11 is 0. The summed E-state index contributed by atoms with van der Waals surface area (Å²) in [5, 5.41) is 0. The molecule has 0 fully saturated rings. The van der Waals surface area contributed by atoms with E-state index in [0.29, 0.717) is 5.56 Å². The number of benzene rings is 1. The summed E-state index contributed by atoms with van der Waals surface area (Å²) in [4.78, 5) is 0. The van der Waals surface area contributed by atoms with Crippen LogP contribution >= 0.6 is 0 Å². The molecule has 0 aromatic heterocycles. The average molecular weight is 228 g/mol. The SMILES string of the molecule is CCc1cc(CC)cc(CS(=O)(=O)O)c1. The largest absolute Gasteiger partial charge is 0.285 e. The Labute approximate surface area is 90.9 Å². The zero-order valence-electron chi connectivity index (χ0n) is 9.03. The predicted octanol–water partition coefficient (Wildman–Crippen LogP) is 2.20. The lowest BCUT2D eigenvalue weighted by Gasteiger charge is -2.06. The molecule has 1 aromatic rings. The molecule has 1 N–H and O–H groups in total. The molecule has 0 aliphatic carbocycles. The standard InChI is InChI=1S/C11H16O3S/c1-3-9-5-10(4-2)7-11(6-9)8-15(12,13)14/h5-7H,3-4,8H2,1-2H3,(H,12,13,14). The van der Waals surface area contributed by atoms with E-state index in [1.165, 1.54) is 0 Å². The average Bonchev–Trinajstić information content (AvgIpc) is 2.14. The molecule has 0 heterocycles. The number of hydrogen-bond donors (Lipinski definition) is 1. The van der Waals surface area contributed by atoms with Gasteiger partial charge in [0.25, 0.3) is 10.1 Å². The Bertz CT molecular complexity index is 413. The summed E-state index contributed by atoms with van der Waals surface area (Å²) in [7, 11) is -3.93. The fourth-order valence-electron chi connectivity index (χ4n) is 1.54. The van der Waals surface area contributed by atoms with Crippen molar-refractivity contribution in [3.8, 4) is 0 Å². The molecule has 0 saturated heterocycles. The van der Waals surface area contributed by atoms with Crippen LogP contribution < -0.4 is 0 Å². The highest BCUT2D eigenvalue weighted by atomic mass is 32.2.